The fourth-order valence-electron chi connectivity index (χ4n) is 6.89. The van der Waals surface area contributed by atoms with Gasteiger partial charge in [-0.15, -0.1) is 0 Å². The van der Waals surface area contributed by atoms with Crippen molar-refractivity contribution in [2.45, 2.75) is 0 Å². The number of benzene rings is 7. The number of hydrogen-bond donors (Lipinski definition) is 0. The van der Waals surface area contributed by atoms with Gasteiger partial charge in [0, 0.05) is 54.7 Å². The van der Waals surface area contributed by atoms with E-state index in [1.54, 1.807) is 0 Å². The van der Waals surface area contributed by atoms with Crippen molar-refractivity contribution in [1.29, 1.82) is 0 Å². The first kappa shape index (κ1) is 26.6. The van der Waals surface area contributed by atoms with E-state index in [1.165, 1.54) is 0 Å². The molecule has 48 heavy (non-hydrogen) atoms. The Kier molecular flexibility index (Phi) is 5.81. The molecule has 3 aromatic heterocycles. The second kappa shape index (κ2) is 10.5. The maximum atomic E-state index is 6.74. The van der Waals surface area contributed by atoms with Gasteiger partial charge < -0.3 is 8.83 Å². The lowest BCUT2D eigenvalue weighted by Crippen LogP contribution is -2.00. The summed E-state index contributed by atoms with van der Waals surface area (Å²) in [6.45, 7) is 0. The van der Waals surface area contributed by atoms with Crippen LogP contribution in [0.25, 0.3) is 99.9 Å². The van der Waals surface area contributed by atoms with Crippen LogP contribution in [0, 0.1) is 0 Å². The Morgan fingerprint density at radius 1 is 0.333 bits per heavy atom. The Morgan fingerprint density at radius 3 is 1.69 bits per heavy atom. The van der Waals surface area contributed by atoms with E-state index in [0.717, 1.165) is 82.5 Å². The highest BCUT2D eigenvalue weighted by molar-refractivity contribution is 6.20. The number of para-hydroxylation sites is 2. The maximum Gasteiger partial charge on any atom is 0.164 e. The van der Waals surface area contributed by atoms with Crippen LogP contribution in [-0.4, -0.2) is 15.0 Å². The molecule has 0 aliphatic rings. The number of hydrogen-bond acceptors (Lipinski definition) is 5. The van der Waals surface area contributed by atoms with Crippen LogP contribution in [0.1, 0.15) is 0 Å². The highest BCUT2D eigenvalue weighted by Gasteiger charge is 2.23. The minimum atomic E-state index is 0.583. The van der Waals surface area contributed by atoms with E-state index in [4.69, 9.17) is 23.8 Å². The summed E-state index contributed by atoms with van der Waals surface area (Å²) >= 11 is 0. The van der Waals surface area contributed by atoms with E-state index in [1.807, 2.05) is 78.9 Å². The largest absolute Gasteiger partial charge is 0.455 e. The van der Waals surface area contributed by atoms with Crippen LogP contribution in [0.4, 0.5) is 0 Å². The van der Waals surface area contributed by atoms with Crippen LogP contribution < -0.4 is 0 Å². The third-order valence-electron chi connectivity index (χ3n) is 9.15. The Bertz CT molecular complexity index is 2780. The molecule has 0 saturated heterocycles. The summed E-state index contributed by atoms with van der Waals surface area (Å²) in [6, 6.07) is 51.4. The summed E-state index contributed by atoms with van der Waals surface area (Å²) < 4.78 is 13.5. The second-order valence-electron chi connectivity index (χ2n) is 11.9. The van der Waals surface area contributed by atoms with Gasteiger partial charge in [0.2, 0.25) is 0 Å². The molecule has 3 heterocycles. The molecule has 0 radical (unpaired) electrons. The van der Waals surface area contributed by atoms with Gasteiger partial charge in [0.05, 0.1) is 0 Å². The Hall–Kier alpha value is -6.59. The van der Waals surface area contributed by atoms with Gasteiger partial charge in [-0.3, -0.25) is 0 Å². The van der Waals surface area contributed by atoms with Crippen LogP contribution >= 0.6 is 0 Å². The molecule has 0 atom stereocenters. The molecular formula is C43H25N3O2. The standard InChI is InChI=1S/C43H25N3O2/c1-3-13-27(14-4-1)41-44-42(28-15-5-2-6-16-28)46-43(45-41)35-25-24-33(40-37(35)34-18-9-10-21-36(34)47-40)31-20-11-19-30-32-23-22-26-12-7-8-17-29(26)38(32)48-39(30)31/h1-25H. The van der Waals surface area contributed by atoms with Crippen LogP contribution in [0.15, 0.2) is 160 Å². The normalized spacial score (nSPS) is 11.8. The van der Waals surface area contributed by atoms with E-state index in [-0.39, 0.29) is 0 Å². The Balaban J connectivity index is 1.26. The fraction of sp³-hybridized carbons (Fsp3) is 0. The average Bonchev–Trinajstić information content (AvgIpc) is 3.75. The number of furan rings is 2. The minimum Gasteiger partial charge on any atom is -0.455 e. The molecule has 0 amide bonds. The summed E-state index contributed by atoms with van der Waals surface area (Å²) in [7, 11) is 0. The lowest BCUT2D eigenvalue weighted by atomic mass is 9.96. The van der Waals surface area contributed by atoms with E-state index in [9.17, 15) is 0 Å². The highest BCUT2D eigenvalue weighted by atomic mass is 16.3. The zero-order valence-electron chi connectivity index (χ0n) is 25.6. The van der Waals surface area contributed by atoms with Crippen molar-refractivity contribution in [2.24, 2.45) is 0 Å². The molecule has 10 rings (SSSR count). The first-order chi connectivity index (χ1) is 23.8. The maximum absolute atomic E-state index is 6.74. The first-order valence-electron chi connectivity index (χ1n) is 15.9. The van der Waals surface area contributed by atoms with Crippen LogP contribution in [0.3, 0.4) is 0 Å². The molecule has 0 spiro atoms. The molecule has 0 unspecified atom stereocenters. The zero-order chi connectivity index (χ0) is 31.6. The van der Waals surface area contributed by atoms with Crippen molar-refractivity contribution < 1.29 is 8.83 Å². The summed E-state index contributed by atoms with van der Waals surface area (Å²) in [4.78, 5) is 15.0. The number of aromatic nitrogens is 3. The molecule has 7 aromatic carbocycles. The van der Waals surface area contributed by atoms with Crippen molar-refractivity contribution in [3.8, 4) is 45.3 Å². The number of nitrogens with zero attached hydrogens (tertiary/aromatic N) is 3. The quantitative estimate of drug-likeness (QED) is 0.197. The summed E-state index contributed by atoms with van der Waals surface area (Å²) in [5, 5.41) is 6.35. The third kappa shape index (κ3) is 4.08. The molecule has 0 bridgehead atoms. The fourth-order valence-corrected chi connectivity index (χ4v) is 6.89. The molecular weight excluding hydrogens is 590 g/mol. The molecule has 0 aliphatic carbocycles. The van der Waals surface area contributed by atoms with Gasteiger partial charge in [0.15, 0.2) is 17.5 Å². The van der Waals surface area contributed by atoms with Crippen molar-refractivity contribution in [1.82, 2.24) is 15.0 Å². The van der Waals surface area contributed by atoms with Gasteiger partial charge in [0.1, 0.15) is 22.3 Å². The highest BCUT2D eigenvalue weighted by Crippen LogP contribution is 2.45. The van der Waals surface area contributed by atoms with Gasteiger partial charge in [0.25, 0.3) is 0 Å². The van der Waals surface area contributed by atoms with Crippen molar-refractivity contribution in [2.75, 3.05) is 0 Å². The molecule has 0 N–H and O–H groups in total. The second-order valence-corrected chi connectivity index (χ2v) is 11.9. The van der Waals surface area contributed by atoms with Crippen molar-refractivity contribution in [3.63, 3.8) is 0 Å². The van der Waals surface area contributed by atoms with E-state index in [0.29, 0.717) is 17.5 Å². The van der Waals surface area contributed by atoms with Gasteiger partial charge in [-0.25, -0.2) is 15.0 Å². The molecule has 0 fully saturated rings. The molecule has 5 nitrogen and oxygen atoms in total. The molecule has 224 valence electrons. The summed E-state index contributed by atoms with van der Waals surface area (Å²) in [5.41, 5.74) is 7.90. The molecule has 0 aliphatic heterocycles. The third-order valence-corrected chi connectivity index (χ3v) is 9.15. The van der Waals surface area contributed by atoms with E-state index >= 15 is 0 Å². The lowest BCUT2D eigenvalue weighted by Gasteiger charge is -2.11. The monoisotopic (exact) mass is 615 g/mol. The van der Waals surface area contributed by atoms with Gasteiger partial charge >= 0.3 is 0 Å². The van der Waals surface area contributed by atoms with E-state index in [2.05, 4.69) is 72.8 Å². The van der Waals surface area contributed by atoms with Crippen molar-refractivity contribution in [3.05, 3.63) is 152 Å². The van der Waals surface area contributed by atoms with Crippen LogP contribution in [-0.2, 0) is 0 Å². The summed E-state index contributed by atoms with van der Waals surface area (Å²) in [6.07, 6.45) is 0. The zero-order valence-corrected chi connectivity index (χ0v) is 25.6. The Labute approximate surface area is 274 Å². The minimum absolute atomic E-state index is 0.583. The van der Waals surface area contributed by atoms with Gasteiger partial charge in [-0.05, 0) is 29.7 Å². The smallest absolute Gasteiger partial charge is 0.164 e. The SMILES string of the molecule is c1ccc(-c2nc(-c3ccccc3)nc(-c3ccc(-c4cccc5c4oc4c6ccccc6ccc54)c4oc5ccccc5c34)n2)cc1. The van der Waals surface area contributed by atoms with Crippen molar-refractivity contribution >= 4 is 54.6 Å². The average molecular weight is 616 g/mol. The predicted molar refractivity (Wildman–Crippen MR) is 194 cm³/mol. The predicted octanol–water partition coefficient (Wildman–Crippen LogP) is 11.5. The topological polar surface area (TPSA) is 65.0 Å². The Morgan fingerprint density at radius 2 is 0.917 bits per heavy atom. The van der Waals surface area contributed by atoms with E-state index < -0.39 is 0 Å². The number of fused-ring (bicyclic) bond motifs is 8. The lowest BCUT2D eigenvalue weighted by molar-refractivity contribution is 0.666. The summed E-state index contributed by atoms with van der Waals surface area (Å²) in [5.74, 6) is 1.81. The van der Waals surface area contributed by atoms with Crippen LogP contribution in [0.2, 0.25) is 0 Å². The van der Waals surface area contributed by atoms with Gasteiger partial charge in [-0.1, -0.05) is 127 Å². The molecule has 0 saturated carbocycles. The molecule has 10 aromatic rings. The molecule has 5 heteroatoms. The first-order valence-corrected chi connectivity index (χ1v) is 15.9. The number of rotatable bonds is 4. The van der Waals surface area contributed by atoms with Crippen LogP contribution in [0.5, 0.6) is 0 Å². The van der Waals surface area contributed by atoms with Gasteiger partial charge in [-0.2, -0.15) is 0 Å².